The van der Waals surface area contributed by atoms with Crippen molar-refractivity contribution in [3.8, 4) is 5.75 Å². The number of anilines is 1. The number of amides is 1. The van der Waals surface area contributed by atoms with Crippen LogP contribution in [-0.4, -0.2) is 36.1 Å². The van der Waals surface area contributed by atoms with Crippen LogP contribution in [0.3, 0.4) is 0 Å². The summed E-state index contributed by atoms with van der Waals surface area (Å²) in [6.07, 6.45) is 6.59. The number of nitrogens with one attached hydrogen (secondary N) is 1. The van der Waals surface area contributed by atoms with E-state index in [2.05, 4.69) is 20.2 Å². The molecule has 6 heteroatoms. The van der Waals surface area contributed by atoms with Gasteiger partial charge in [-0.3, -0.25) is 4.79 Å². The highest BCUT2D eigenvalue weighted by Crippen LogP contribution is 2.15. The minimum Gasteiger partial charge on any atom is -0.497 e. The Balaban J connectivity index is 1.46. The summed E-state index contributed by atoms with van der Waals surface area (Å²) >= 11 is 0. The van der Waals surface area contributed by atoms with Gasteiger partial charge in [0, 0.05) is 25.7 Å². The van der Waals surface area contributed by atoms with Gasteiger partial charge in [-0.1, -0.05) is 12.1 Å². The third-order valence-corrected chi connectivity index (χ3v) is 4.61. The van der Waals surface area contributed by atoms with Crippen molar-refractivity contribution < 1.29 is 9.53 Å². The summed E-state index contributed by atoms with van der Waals surface area (Å²) < 4.78 is 5.14. The van der Waals surface area contributed by atoms with Crippen LogP contribution in [0.5, 0.6) is 5.75 Å². The Morgan fingerprint density at radius 3 is 2.65 bits per heavy atom. The lowest BCUT2D eigenvalue weighted by Gasteiger charge is -2.26. The molecular formula is C20H26N4O2. The molecule has 1 N–H and O–H groups in total. The zero-order chi connectivity index (χ0) is 18.2. The average Bonchev–Trinajstić information content (AvgIpc) is 2.72. The van der Waals surface area contributed by atoms with E-state index in [1.54, 1.807) is 13.3 Å². The van der Waals surface area contributed by atoms with Crippen molar-refractivity contribution in [2.45, 2.75) is 38.6 Å². The lowest BCUT2D eigenvalue weighted by atomic mass is 10.1. The number of rotatable bonds is 7. The Labute approximate surface area is 154 Å². The van der Waals surface area contributed by atoms with Crippen LogP contribution in [0.4, 0.5) is 5.95 Å². The lowest BCUT2D eigenvalue weighted by molar-refractivity contribution is -0.121. The SMILES string of the molecule is COc1ccc(CCC(=O)NCc2ccnc(N3CCCCC3)n2)cc1. The van der Waals surface area contributed by atoms with Crippen molar-refractivity contribution in [3.63, 3.8) is 0 Å². The molecule has 2 aromatic rings. The first-order valence-corrected chi connectivity index (χ1v) is 9.21. The molecule has 1 amide bonds. The molecule has 1 fully saturated rings. The van der Waals surface area contributed by atoms with Gasteiger partial charge in [0.1, 0.15) is 5.75 Å². The monoisotopic (exact) mass is 354 g/mol. The third kappa shape index (κ3) is 5.18. The average molecular weight is 354 g/mol. The maximum atomic E-state index is 12.1. The molecule has 1 aromatic carbocycles. The number of aryl methyl sites for hydroxylation is 1. The zero-order valence-electron chi connectivity index (χ0n) is 15.3. The number of methoxy groups -OCH3 is 1. The molecule has 138 valence electrons. The van der Waals surface area contributed by atoms with Gasteiger partial charge >= 0.3 is 0 Å². The summed E-state index contributed by atoms with van der Waals surface area (Å²) in [4.78, 5) is 23.3. The summed E-state index contributed by atoms with van der Waals surface area (Å²) in [5.41, 5.74) is 1.97. The molecule has 0 unspecified atom stereocenters. The number of aromatic nitrogens is 2. The second-order valence-electron chi connectivity index (χ2n) is 6.52. The summed E-state index contributed by atoms with van der Waals surface area (Å²) in [7, 11) is 1.65. The number of hydrogen-bond acceptors (Lipinski definition) is 5. The van der Waals surface area contributed by atoms with E-state index in [4.69, 9.17) is 4.74 Å². The van der Waals surface area contributed by atoms with Gasteiger partial charge in [0.25, 0.3) is 0 Å². The molecule has 3 rings (SSSR count). The predicted octanol–water partition coefficient (Wildman–Crippen LogP) is 2.72. The number of ether oxygens (including phenoxy) is 1. The molecule has 0 aliphatic carbocycles. The molecule has 0 radical (unpaired) electrons. The second kappa shape index (κ2) is 9.17. The first-order chi connectivity index (χ1) is 12.7. The Morgan fingerprint density at radius 1 is 1.15 bits per heavy atom. The first-order valence-electron chi connectivity index (χ1n) is 9.21. The Morgan fingerprint density at radius 2 is 1.92 bits per heavy atom. The van der Waals surface area contributed by atoms with Crippen molar-refractivity contribution in [3.05, 3.63) is 47.8 Å². The first kappa shape index (κ1) is 18.2. The largest absolute Gasteiger partial charge is 0.497 e. The fraction of sp³-hybridized carbons (Fsp3) is 0.450. The number of carbonyl (C=O) groups excluding carboxylic acids is 1. The van der Waals surface area contributed by atoms with E-state index < -0.39 is 0 Å². The fourth-order valence-corrected chi connectivity index (χ4v) is 3.06. The molecule has 0 atom stereocenters. The Hall–Kier alpha value is -2.63. The van der Waals surface area contributed by atoms with Crippen LogP contribution in [0.1, 0.15) is 36.9 Å². The Kier molecular flexibility index (Phi) is 6.41. The van der Waals surface area contributed by atoms with Crippen LogP contribution >= 0.6 is 0 Å². The van der Waals surface area contributed by atoms with E-state index in [0.717, 1.165) is 36.0 Å². The number of nitrogens with zero attached hydrogens (tertiary/aromatic N) is 3. The third-order valence-electron chi connectivity index (χ3n) is 4.61. The molecule has 1 aliphatic rings. The van der Waals surface area contributed by atoms with E-state index in [-0.39, 0.29) is 5.91 Å². The molecule has 1 saturated heterocycles. The van der Waals surface area contributed by atoms with Crippen LogP contribution in [-0.2, 0) is 17.8 Å². The highest BCUT2D eigenvalue weighted by molar-refractivity contribution is 5.76. The molecule has 0 bridgehead atoms. The van der Waals surface area contributed by atoms with Gasteiger partial charge in [-0.15, -0.1) is 0 Å². The Bertz CT molecular complexity index is 712. The number of hydrogen-bond donors (Lipinski definition) is 1. The quantitative estimate of drug-likeness (QED) is 0.828. The summed E-state index contributed by atoms with van der Waals surface area (Å²) in [5.74, 6) is 1.63. The van der Waals surface area contributed by atoms with Gasteiger partial charge in [-0.2, -0.15) is 0 Å². The van der Waals surface area contributed by atoms with Crippen molar-refractivity contribution in [1.82, 2.24) is 15.3 Å². The molecule has 1 aromatic heterocycles. The maximum Gasteiger partial charge on any atom is 0.225 e. The van der Waals surface area contributed by atoms with Crippen LogP contribution < -0.4 is 15.0 Å². The van der Waals surface area contributed by atoms with Gasteiger partial charge < -0.3 is 15.0 Å². The van der Waals surface area contributed by atoms with E-state index in [9.17, 15) is 4.79 Å². The highest BCUT2D eigenvalue weighted by Gasteiger charge is 2.13. The topological polar surface area (TPSA) is 67.3 Å². The number of piperidine rings is 1. The minimum atomic E-state index is 0.0268. The van der Waals surface area contributed by atoms with E-state index in [1.807, 2.05) is 30.3 Å². The lowest BCUT2D eigenvalue weighted by Crippen LogP contribution is -2.31. The van der Waals surface area contributed by atoms with Crippen molar-refractivity contribution in [2.24, 2.45) is 0 Å². The van der Waals surface area contributed by atoms with Gasteiger partial charge in [-0.05, 0) is 49.4 Å². The normalized spacial score (nSPS) is 14.1. The summed E-state index contributed by atoms with van der Waals surface area (Å²) in [6.45, 7) is 2.46. The molecule has 0 saturated carbocycles. The van der Waals surface area contributed by atoms with Crippen molar-refractivity contribution in [2.75, 3.05) is 25.1 Å². The molecule has 0 spiro atoms. The minimum absolute atomic E-state index is 0.0268. The molecule has 26 heavy (non-hydrogen) atoms. The van der Waals surface area contributed by atoms with Crippen molar-refractivity contribution >= 4 is 11.9 Å². The van der Waals surface area contributed by atoms with Gasteiger partial charge in [0.2, 0.25) is 11.9 Å². The van der Waals surface area contributed by atoms with E-state index >= 15 is 0 Å². The second-order valence-corrected chi connectivity index (χ2v) is 6.52. The van der Waals surface area contributed by atoms with Gasteiger partial charge in [0.05, 0.1) is 19.3 Å². The van der Waals surface area contributed by atoms with Crippen LogP contribution in [0.25, 0.3) is 0 Å². The number of benzene rings is 1. The molecule has 1 aliphatic heterocycles. The summed E-state index contributed by atoms with van der Waals surface area (Å²) in [6, 6.07) is 9.66. The van der Waals surface area contributed by atoms with Crippen molar-refractivity contribution in [1.29, 1.82) is 0 Å². The van der Waals surface area contributed by atoms with E-state index in [1.165, 1.54) is 19.3 Å². The zero-order valence-corrected chi connectivity index (χ0v) is 15.3. The predicted molar refractivity (Wildman–Crippen MR) is 101 cm³/mol. The van der Waals surface area contributed by atoms with Crippen LogP contribution in [0.2, 0.25) is 0 Å². The van der Waals surface area contributed by atoms with E-state index in [0.29, 0.717) is 19.4 Å². The molecule has 6 nitrogen and oxygen atoms in total. The smallest absolute Gasteiger partial charge is 0.225 e. The van der Waals surface area contributed by atoms with Crippen LogP contribution in [0.15, 0.2) is 36.5 Å². The van der Waals surface area contributed by atoms with Crippen LogP contribution in [0, 0.1) is 0 Å². The maximum absolute atomic E-state index is 12.1. The molecule has 2 heterocycles. The molecular weight excluding hydrogens is 328 g/mol. The number of carbonyl (C=O) groups is 1. The summed E-state index contributed by atoms with van der Waals surface area (Å²) in [5, 5.41) is 2.95. The standard InChI is InChI=1S/C20H26N4O2/c1-26-18-8-5-16(6-9-18)7-10-19(25)22-15-17-11-12-21-20(23-17)24-13-3-2-4-14-24/h5-6,8-9,11-12H,2-4,7,10,13-15H2,1H3,(H,22,25). The van der Waals surface area contributed by atoms with Gasteiger partial charge in [-0.25, -0.2) is 9.97 Å². The highest BCUT2D eigenvalue weighted by atomic mass is 16.5. The van der Waals surface area contributed by atoms with Gasteiger partial charge in [0.15, 0.2) is 0 Å². The fourth-order valence-electron chi connectivity index (χ4n) is 3.06.